The number of hydrogen-bond acceptors (Lipinski definition) is 5. The molecule has 0 bridgehead atoms. The van der Waals surface area contributed by atoms with Crippen molar-refractivity contribution in [2.24, 2.45) is 0 Å². The van der Waals surface area contributed by atoms with Crippen LogP contribution < -0.4 is 5.32 Å². The van der Waals surface area contributed by atoms with Gasteiger partial charge in [0.25, 0.3) is 0 Å². The van der Waals surface area contributed by atoms with Crippen LogP contribution >= 0.6 is 11.8 Å². The number of nitrogens with zero attached hydrogens (tertiary/aromatic N) is 2. The molecule has 3 atom stereocenters. The summed E-state index contributed by atoms with van der Waals surface area (Å²) in [5, 5.41) is 11.8. The van der Waals surface area contributed by atoms with Gasteiger partial charge >= 0.3 is 12.0 Å². The SMILES string of the molecule is CC1SCC(C(=O)O)N1C(=O)NCC1CN(C)CCO1. The van der Waals surface area contributed by atoms with Crippen molar-refractivity contribution < 1.29 is 19.4 Å². The van der Waals surface area contributed by atoms with Crippen molar-refractivity contribution in [1.82, 2.24) is 15.1 Å². The number of likely N-dealkylation sites (N-methyl/N-ethyl adjacent to an activating group) is 1. The van der Waals surface area contributed by atoms with E-state index in [4.69, 9.17) is 9.84 Å². The topological polar surface area (TPSA) is 82.1 Å². The summed E-state index contributed by atoms with van der Waals surface area (Å²) in [5.41, 5.74) is 0. The second-order valence-corrected chi connectivity index (χ2v) is 6.48. The van der Waals surface area contributed by atoms with Crippen LogP contribution in [0.25, 0.3) is 0 Å². The number of carbonyl (C=O) groups is 2. The number of amides is 2. The summed E-state index contributed by atoms with van der Waals surface area (Å²) in [5.74, 6) is -0.516. The van der Waals surface area contributed by atoms with Crippen molar-refractivity contribution in [2.45, 2.75) is 24.4 Å². The number of urea groups is 1. The maximum Gasteiger partial charge on any atom is 0.327 e. The molecule has 0 spiro atoms. The lowest BCUT2D eigenvalue weighted by Crippen LogP contribution is -2.52. The molecule has 114 valence electrons. The second kappa shape index (κ2) is 6.64. The molecule has 3 unspecified atom stereocenters. The number of thioether (sulfide) groups is 1. The molecule has 7 nitrogen and oxygen atoms in total. The highest BCUT2D eigenvalue weighted by molar-refractivity contribution is 8.00. The molecular formula is C12H21N3O4S. The molecule has 2 fully saturated rings. The van der Waals surface area contributed by atoms with E-state index in [2.05, 4.69) is 10.2 Å². The Labute approximate surface area is 122 Å². The molecule has 0 aromatic carbocycles. The lowest BCUT2D eigenvalue weighted by Gasteiger charge is -2.31. The third-order valence-electron chi connectivity index (χ3n) is 3.57. The number of aliphatic carboxylic acids is 1. The van der Waals surface area contributed by atoms with Gasteiger partial charge in [-0.15, -0.1) is 11.8 Å². The number of carbonyl (C=O) groups excluding carboxylic acids is 1. The van der Waals surface area contributed by atoms with Gasteiger partial charge in [0.05, 0.1) is 18.1 Å². The van der Waals surface area contributed by atoms with E-state index in [1.807, 2.05) is 14.0 Å². The van der Waals surface area contributed by atoms with Crippen LogP contribution in [0.5, 0.6) is 0 Å². The number of carboxylic acids is 1. The first-order valence-corrected chi connectivity index (χ1v) is 7.74. The molecule has 0 aromatic rings. The predicted molar refractivity (Wildman–Crippen MR) is 75.8 cm³/mol. The summed E-state index contributed by atoms with van der Waals surface area (Å²) in [4.78, 5) is 26.9. The van der Waals surface area contributed by atoms with Gasteiger partial charge in [0.2, 0.25) is 0 Å². The minimum atomic E-state index is -0.953. The third kappa shape index (κ3) is 3.56. The minimum Gasteiger partial charge on any atom is -0.480 e. The third-order valence-corrected chi connectivity index (χ3v) is 4.78. The number of hydrogen-bond donors (Lipinski definition) is 2. The van der Waals surface area contributed by atoms with Crippen molar-refractivity contribution in [1.29, 1.82) is 0 Å². The molecule has 2 aliphatic heterocycles. The summed E-state index contributed by atoms with van der Waals surface area (Å²) < 4.78 is 5.57. The van der Waals surface area contributed by atoms with E-state index in [1.165, 1.54) is 16.7 Å². The Morgan fingerprint density at radius 1 is 1.50 bits per heavy atom. The second-order valence-electron chi connectivity index (χ2n) is 5.14. The Morgan fingerprint density at radius 2 is 2.25 bits per heavy atom. The standard InChI is InChI=1S/C12H21N3O4S/c1-8-15(10(7-20-8)11(16)17)12(18)13-5-9-6-14(2)3-4-19-9/h8-10H,3-7H2,1-2H3,(H,13,18)(H,16,17). The Bertz CT molecular complexity index is 382. The van der Waals surface area contributed by atoms with Crippen LogP contribution in [-0.2, 0) is 9.53 Å². The van der Waals surface area contributed by atoms with E-state index in [0.717, 1.165) is 13.1 Å². The van der Waals surface area contributed by atoms with Crippen LogP contribution in [-0.4, -0.2) is 83.5 Å². The number of carboxylic acid groups (broad SMARTS) is 1. The number of ether oxygens (including phenoxy) is 1. The Hall–Kier alpha value is -0.990. The van der Waals surface area contributed by atoms with Crippen molar-refractivity contribution in [2.75, 3.05) is 39.0 Å². The smallest absolute Gasteiger partial charge is 0.327 e. The highest BCUT2D eigenvalue weighted by atomic mass is 32.2. The van der Waals surface area contributed by atoms with Crippen LogP contribution in [0, 0.1) is 0 Å². The summed E-state index contributed by atoms with van der Waals surface area (Å²) in [6, 6.07) is -1.07. The van der Waals surface area contributed by atoms with Gasteiger partial charge in [-0.1, -0.05) is 0 Å². The highest BCUT2D eigenvalue weighted by Crippen LogP contribution is 2.28. The average molecular weight is 303 g/mol. The van der Waals surface area contributed by atoms with E-state index < -0.39 is 12.0 Å². The fourth-order valence-electron chi connectivity index (χ4n) is 2.42. The largest absolute Gasteiger partial charge is 0.480 e. The molecule has 2 heterocycles. The first kappa shape index (κ1) is 15.4. The van der Waals surface area contributed by atoms with Gasteiger partial charge in [-0.2, -0.15) is 0 Å². The summed E-state index contributed by atoms with van der Waals surface area (Å²) in [6.45, 7) is 4.57. The molecular weight excluding hydrogens is 282 g/mol. The van der Waals surface area contributed by atoms with Crippen LogP contribution in [0.4, 0.5) is 4.79 Å². The summed E-state index contributed by atoms with van der Waals surface area (Å²) in [6.07, 6.45) is -0.0356. The number of rotatable bonds is 3. The monoisotopic (exact) mass is 303 g/mol. The maximum absolute atomic E-state index is 12.2. The first-order chi connectivity index (χ1) is 9.49. The van der Waals surface area contributed by atoms with Gasteiger partial charge < -0.3 is 20.1 Å². The van der Waals surface area contributed by atoms with Crippen LogP contribution in [0.15, 0.2) is 0 Å². The van der Waals surface area contributed by atoms with Crippen molar-refractivity contribution in [3.63, 3.8) is 0 Å². The molecule has 2 rings (SSSR count). The van der Waals surface area contributed by atoms with Gasteiger partial charge in [-0.25, -0.2) is 9.59 Å². The summed E-state index contributed by atoms with van der Waals surface area (Å²) >= 11 is 1.48. The van der Waals surface area contributed by atoms with Gasteiger partial charge in [-0.3, -0.25) is 4.90 Å². The zero-order chi connectivity index (χ0) is 14.7. The zero-order valence-corrected chi connectivity index (χ0v) is 12.6. The van der Waals surface area contributed by atoms with E-state index in [-0.39, 0.29) is 17.5 Å². The predicted octanol–water partition coefficient (Wildman–Crippen LogP) is -0.125. The van der Waals surface area contributed by atoms with Crippen molar-refractivity contribution in [3.8, 4) is 0 Å². The quantitative estimate of drug-likeness (QED) is 0.756. The molecule has 2 aliphatic rings. The molecule has 20 heavy (non-hydrogen) atoms. The number of morpholine rings is 1. The van der Waals surface area contributed by atoms with E-state index >= 15 is 0 Å². The van der Waals surface area contributed by atoms with Crippen molar-refractivity contribution >= 4 is 23.8 Å². The van der Waals surface area contributed by atoms with E-state index in [9.17, 15) is 9.59 Å². The van der Waals surface area contributed by atoms with Crippen molar-refractivity contribution in [3.05, 3.63) is 0 Å². The molecule has 2 N–H and O–H groups in total. The Balaban J connectivity index is 1.85. The van der Waals surface area contributed by atoms with E-state index in [0.29, 0.717) is 18.9 Å². The zero-order valence-electron chi connectivity index (χ0n) is 11.7. The van der Waals surface area contributed by atoms with E-state index in [1.54, 1.807) is 0 Å². The first-order valence-electron chi connectivity index (χ1n) is 6.69. The lowest BCUT2D eigenvalue weighted by atomic mass is 10.2. The molecule has 8 heteroatoms. The molecule has 0 radical (unpaired) electrons. The minimum absolute atomic E-state index is 0.0356. The number of nitrogens with one attached hydrogen (secondary N) is 1. The Kier molecular flexibility index (Phi) is 5.11. The maximum atomic E-state index is 12.2. The lowest BCUT2D eigenvalue weighted by molar-refractivity contribution is -0.141. The fraction of sp³-hybridized carbons (Fsp3) is 0.833. The fourth-order valence-corrected chi connectivity index (χ4v) is 3.59. The van der Waals surface area contributed by atoms with Gasteiger partial charge in [-0.05, 0) is 14.0 Å². The van der Waals surface area contributed by atoms with Crippen LogP contribution in [0.1, 0.15) is 6.92 Å². The normalized spacial score (nSPS) is 31.3. The van der Waals surface area contributed by atoms with Gasteiger partial charge in [0.15, 0.2) is 0 Å². The molecule has 0 aliphatic carbocycles. The molecule has 2 saturated heterocycles. The molecule has 0 saturated carbocycles. The summed E-state index contributed by atoms with van der Waals surface area (Å²) in [7, 11) is 2.01. The Morgan fingerprint density at radius 3 is 2.90 bits per heavy atom. The molecule has 2 amide bonds. The van der Waals surface area contributed by atoms with Crippen LogP contribution in [0.3, 0.4) is 0 Å². The van der Waals surface area contributed by atoms with Gasteiger partial charge in [0.1, 0.15) is 6.04 Å². The van der Waals surface area contributed by atoms with Gasteiger partial charge in [0, 0.05) is 25.4 Å². The average Bonchev–Trinajstić information content (AvgIpc) is 2.78. The highest BCUT2D eigenvalue weighted by Gasteiger charge is 2.39. The molecule has 0 aromatic heterocycles. The van der Waals surface area contributed by atoms with Crippen LogP contribution in [0.2, 0.25) is 0 Å².